The lowest BCUT2D eigenvalue weighted by molar-refractivity contribution is -0.147. The van der Waals surface area contributed by atoms with Crippen molar-refractivity contribution in [1.29, 1.82) is 0 Å². The van der Waals surface area contributed by atoms with Crippen LogP contribution < -0.4 is 0 Å². The van der Waals surface area contributed by atoms with E-state index in [0.717, 1.165) is 6.42 Å². The molecule has 3 aliphatic rings. The van der Waals surface area contributed by atoms with E-state index < -0.39 is 10.4 Å². The molecule has 3 aliphatic carbocycles. The van der Waals surface area contributed by atoms with Gasteiger partial charge < -0.3 is 0 Å². The van der Waals surface area contributed by atoms with Gasteiger partial charge in [0.15, 0.2) is 0 Å². The van der Waals surface area contributed by atoms with E-state index in [2.05, 4.69) is 13.8 Å². The summed E-state index contributed by atoms with van der Waals surface area (Å²) >= 11 is 0. The Morgan fingerprint density at radius 2 is 1.93 bits per heavy atom. The summed E-state index contributed by atoms with van der Waals surface area (Å²) in [6.45, 7) is 6.47. The lowest BCUT2D eigenvalue weighted by atomic mass is 9.45. The first kappa shape index (κ1) is 11.4. The van der Waals surface area contributed by atoms with E-state index in [1.807, 2.05) is 6.92 Å². The molecule has 3 rings (SSSR count). The summed E-state index contributed by atoms with van der Waals surface area (Å²) in [6, 6.07) is 0. The molecule has 15 heavy (non-hydrogen) atoms. The van der Waals surface area contributed by atoms with Gasteiger partial charge in [-0.3, -0.25) is 4.55 Å². The van der Waals surface area contributed by atoms with Gasteiger partial charge in [-0.25, -0.2) is 4.18 Å². The van der Waals surface area contributed by atoms with Crippen molar-refractivity contribution in [3.63, 3.8) is 0 Å². The highest BCUT2D eigenvalue weighted by atomic mass is 32.3. The molecule has 4 atom stereocenters. The summed E-state index contributed by atoms with van der Waals surface area (Å²) in [5.74, 6) is 1.25. The minimum Gasteiger partial charge on any atom is -0.264 e. The van der Waals surface area contributed by atoms with Crippen LogP contribution >= 0.6 is 0 Å². The van der Waals surface area contributed by atoms with Crippen molar-refractivity contribution in [2.45, 2.75) is 39.7 Å². The molecule has 0 radical (unpaired) electrons. The molecule has 88 valence electrons. The molecule has 0 amide bonds. The summed E-state index contributed by atoms with van der Waals surface area (Å²) in [5.41, 5.74) is 0.304. The third kappa shape index (κ3) is 1.81. The lowest BCUT2D eigenvalue weighted by Gasteiger charge is -2.61. The second-order valence-corrected chi connectivity index (χ2v) is 6.57. The van der Waals surface area contributed by atoms with E-state index in [-0.39, 0.29) is 12.0 Å². The zero-order valence-electron chi connectivity index (χ0n) is 9.30. The first-order valence-electron chi connectivity index (χ1n) is 5.37. The Labute approximate surface area is 91.0 Å². The first-order valence-corrected chi connectivity index (χ1v) is 6.74. The van der Waals surface area contributed by atoms with Gasteiger partial charge in [0.1, 0.15) is 0 Å². The van der Waals surface area contributed by atoms with E-state index in [0.29, 0.717) is 17.3 Å². The molecule has 0 saturated heterocycles. The average Bonchev–Trinajstić information content (AvgIpc) is 2.05. The minimum atomic E-state index is -4.30. The summed E-state index contributed by atoms with van der Waals surface area (Å²) in [5, 5.41) is 0. The standard InChI is InChI=1S/C10H18O4S/c1-6-8-4-7(10(8,2)3)5-9(6)14-15(11,12)13/h6-9H,4-5H2,1-3H3,(H,11,12,13)/t6-,7+,8-,9-/m1/s1. The van der Waals surface area contributed by atoms with Crippen LogP contribution in [0.4, 0.5) is 0 Å². The molecule has 0 aliphatic heterocycles. The fourth-order valence-electron chi connectivity index (χ4n) is 3.39. The number of rotatable bonds is 2. The van der Waals surface area contributed by atoms with Crippen LogP contribution in [0.2, 0.25) is 0 Å². The molecule has 3 saturated carbocycles. The SMILES string of the molecule is C[C@@H]1[C@H]2C[C@@H](C[C@H]1OS(=O)(=O)O)C2(C)C. The van der Waals surface area contributed by atoms with E-state index in [4.69, 9.17) is 8.74 Å². The molecule has 4 nitrogen and oxygen atoms in total. The van der Waals surface area contributed by atoms with Gasteiger partial charge in [0, 0.05) is 0 Å². The van der Waals surface area contributed by atoms with Gasteiger partial charge in [-0.05, 0) is 36.0 Å². The number of fused-ring (bicyclic) bond motifs is 2. The molecule has 0 aromatic carbocycles. The van der Waals surface area contributed by atoms with Gasteiger partial charge in [-0.1, -0.05) is 20.8 Å². The van der Waals surface area contributed by atoms with Gasteiger partial charge in [-0.2, -0.15) is 8.42 Å². The van der Waals surface area contributed by atoms with Gasteiger partial charge in [0.05, 0.1) is 6.10 Å². The maximum atomic E-state index is 10.7. The molecule has 2 bridgehead atoms. The van der Waals surface area contributed by atoms with Gasteiger partial charge in [0.2, 0.25) is 0 Å². The Morgan fingerprint density at radius 1 is 1.33 bits per heavy atom. The van der Waals surface area contributed by atoms with Gasteiger partial charge in [-0.15, -0.1) is 0 Å². The predicted molar refractivity (Wildman–Crippen MR) is 55.6 cm³/mol. The van der Waals surface area contributed by atoms with Crippen LogP contribution in [-0.2, 0) is 14.6 Å². The van der Waals surface area contributed by atoms with Crippen molar-refractivity contribution in [1.82, 2.24) is 0 Å². The van der Waals surface area contributed by atoms with Crippen molar-refractivity contribution >= 4 is 10.4 Å². The normalized spacial score (nSPS) is 43.5. The predicted octanol–water partition coefficient (Wildman–Crippen LogP) is 1.88. The number of hydrogen-bond donors (Lipinski definition) is 1. The maximum Gasteiger partial charge on any atom is 0.397 e. The highest BCUT2D eigenvalue weighted by Gasteiger charge is 2.57. The Morgan fingerprint density at radius 3 is 2.33 bits per heavy atom. The fraction of sp³-hybridized carbons (Fsp3) is 1.00. The Kier molecular flexibility index (Phi) is 2.41. The largest absolute Gasteiger partial charge is 0.397 e. The molecular weight excluding hydrogens is 216 g/mol. The van der Waals surface area contributed by atoms with E-state index in [9.17, 15) is 8.42 Å². The van der Waals surface area contributed by atoms with Crippen LogP contribution in [0.3, 0.4) is 0 Å². The van der Waals surface area contributed by atoms with Crippen molar-refractivity contribution < 1.29 is 17.2 Å². The van der Waals surface area contributed by atoms with Crippen LogP contribution in [0.1, 0.15) is 33.6 Å². The highest BCUT2D eigenvalue weighted by Crippen LogP contribution is 2.61. The van der Waals surface area contributed by atoms with Crippen molar-refractivity contribution in [2.75, 3.05) is 0 Å². The molecule has 1 N–H and O–H groups in total. The third-order valence-corrected chi connectivity index (χ3v) is 5.02. The molecule has 5 heteroatoms. The third-order valence-electron chi connectivity index (χ3n) is 4.53. The monoisotopic (exact) mass is 234 g/mol. The van der Waals surface area contributed by atoms with Crippen LogP contribution in [0.5, 0.6) is 0 Å². The van der Waals surface area contributed by atoms with Crippen LogP contribution in [0.25, 0.3) is 0 Å². The zero-order chi connectivity index (χ0) is 11.4. The van der Waals surface area contributed by atoms with E-state index in [1.54, 1.807) is 0 Å². The molecule has 0 spiro atoms. The summed E-state index contributed by atoms with van der Waals surface area (Å²) in [7, 11) is -4.30. The first-order chi connectivity index (χ1) is 6.72. The van der Waals surface area contributed by atoms with Crippen molar-refractivity contribution in [3.8, 4) is 0 Å². The fourth-order valence-corrected chi connectivity index (χ4v) is 3.95. The van der Waals surface area contributed by atoms with E-state index in [1.165, 1.54) is 6.42 Å². The number of hydrogen-bond acceptors (Lipinski definition) is 3. The second-order valence-electron chi connectivity index (χ2n) is 5.52. The average molecular weight is 234 g/mol. The highest BCUT2D eigenvalue weighted by molar-refractivity contribution is 7.80. The summed E-state index contributed by atoms with van der Waals surface area (Å²) < 4.78 is 34.7. The lowest BCUT2D eigenvalue weighted by Crippen LogP contribution is -2.57. The van der Waals surface area contributed by atoms with Crippen LogP contribution in [0.15, 0.2) is 0 Å². The second kappa shape index (κ2) is 3.18. The zero-order valence-corrected chi connectivity index (χ0v) is 10.1. The molecular formula is C10H18O4S. The van der Waals surface area contributed by atoms with Gasteiger partial charge >= 0.3 is 10.4 Å². The maximum absolute atomic E-state index is 10.7. The Hall–Kier alpha value is -0.130. The molecule has 0 unspecified atom stereocenters. The van der Waals surface area contributed by atoms with Crippen LogP contribution in [0, 0.1) is 23.2 Å². The van der Waals surface area contributed by atoms with Crippen LogP contribution in [-0.4, -0.2) is 19.1 Å². The van der Waals surface area contributed by atoms with Crippen molar-refractivity contribution in [2.24, 2.45) is 23.2 Å². The van der Waals surface area contributed by atoms with E-state index >= 15 is 0 Å². The quantitative estimate of drug-likeness (QED) is 0.741. The summed E-state index contributed by atoms with van der Waals surface area (Å²) in [6.07, 6.45) is 1.57. The summed E-state index contributed by atoms with van der Waals surface area (Å²) in [4.78, 5) is 0. The molecule has 0 aromatic rings. The molecule has 0 heterocycles. The molecule has 3 fully saturated rings. The smallest absolute Gasteiger partial charge is 0.264 e. The van der Waals surface area contributed by atoms with Crippen molar-refractivity contribution in [3.05, 3.63) is 0 Å². The molecule has 0 aromatic heterocycles. The minimum absolute atomic E-state index is 0.201. The Bertz CT molecular complexity index is 360. The Balaban J connectivity index is 2.09. The van der Waals surface area contributed by atoms with Gasteiger partial charge in [0.25, 0.3) is 0 Å². The topological polar surface area (TPSA) is 63.6 Å².